The molecule has 3 N–H and O–H groups in total. The maximum atomic E-state index is 6.60. The number of pyridine rings is 1. The first-order valence-corrected chi connectivity index (χ1v) is 13.4. The maximum Gasteiger partial charge on any atom is 0.126 e. The summed E-state index contributed by atoms with van der Waals surface area (Å²) < 4.78 is 10.8. The van der Waals surface area contributed by atoms with Crippen molar-refractivity contribution in [3.05, 3.63) is 41.6 Å². The van der Waals surface area contributed by atoms with Crippen LogP contribution in [-0.2, 0) is 9.47 Å². The van der Waals surface area contributed by atoms with Crippen LogP contribution in [0.15, 0.2) is 36.5 Å². The van der Waals surface area contributed by atoms with Crippen LogP contribution >= 0.6 is 11.6 Å². The molecule has 4 rings (SSSR count). The van der Waals surface area contributed by atoms with Gasteiger partial charge in [0.2, 0.25) is 0 Å². The summed E-state index contributed by atoms with van der Waals surface area (Å²) in [4.78, 5) is 4.58. The van der Waals surface area contributed by atoms with Crippen molar-refractivity contribution in [1.29, 1.82) is 0 Å². The first kappa shape index (κ1) is 26.2. The minimum absolute atomic E-state index is 0.274. The first-order valence-electron chi connectivity index (χ1n) is 13.0. The minimum atomic E-state index is 0.274. The van der Waals surface area contributed by atoms with E-state index in [-0.39, 0.29) is 5.41 Å². The number of aromatic nitrogens is 1. The number of ether oxygens (including phenoxy) is 2. The summed E-state index contributed by atoms with van der Waals surface area (Å²) in [5.41, 5.74) is 3.50. The van der Waals surface area contributed by atoms with Crippen LogP contribution in [0.4, 0.5) is 11.5 Å². The van der Waals surface area contributed by atoms with Gasteiger partial charge >= 0.3 is 0 Å². The van der Waals surface area contributed by atoms with Crippen molar-refractivity contribution < 1.29 is 9.47 Å². The molecule has 35 heavy (non-hydrogen) atoms. The molecule has 2 heterocycles. The van der Waals surface area contributed by atoms with Gasteiger partial charge in [-0.25, -0.2) is 4.98 Å². The average molecular weight is 501 g/mol. The number of hydrogen-bond acceptors (Lipinski definition) is 6. The first-order chi connectivity index (χ1) is 16.9. The van der Waals surface area contributed by atoms with Gasteiger partial charge in [0.15, 0.2) is 0 Å². The molecule has 1 aromatic carbocycles. The molecule has 1 aromatic heterocycles. The van der Waals surface area contributed by atoms with Crippen LogP contribution in [0.1, 0.15) is 52.4 Å². The van der Waals surface area contributed by atoms with Crippen molar-refractivity contribution in [3.63, 3.8) is 0 Å². The molecule has 2 aromatic rings. The summed E-state index contributed by atoms with van der Waals surface area (Å²) in [5, 5.41) is 11.7. The van der Waals surface area contributed by atoms with Gasteiger partial charge in [0.1, 0.15) is 5.82 Å². The number of methoxy groups -OCH3 is 1. The lowest BCUT2D eigenvalue weighted by molar-refractivity contribution is 0.0300. The largest absolute Gasteiger partial charge is 0.384 e. The SMILES string of the molecule is COCC(C)NC1CCC(Nc2cc(-c3cccc(NCC4(C)CCOCC4)c3)c(Cl)cn2)CC1. The van der Waals surface area contributed by atoms with Crippen molar-refractivity contribution in [2.45, 2.75) is 70.5 Å². The number of hydrogen-bond donors (Lipinski definition) is 3. The van der Waals surface area contributed by atoms with Crippen LogP contribution in [-0.4, -0.2) is 56.6 Å². The molecule has 192 valence electrons. The number of anilines is 2. The number of nitrogens with one attached hydrogen (secondary N) is 3. The summed E-state index contributed by atoms with van der Waals surface area (Å²) in [5.74, 6) is 0.890. The van der Waals surface area contributed by atoms with Crippen molar-refractivity contribution >= 4 is 23.1 Å². The summed E-state index contributed by atoms with van der Waals surface area (Å²) in [6.07, 6.45) is 8.52. The molecular formula is C28H41ClN4O2. The fraction of sp³-hybridized carbons (Fsp3) is 0.607. The molecule has 1 saturated carbocycles. The van der Waals surface area contributed by atoms with Gasteiger partial charge < -0.3 is 25.4 Å². The molecular weight excluding hydrogens is 460 g/mol. The third-order valence-electron chi connectivity index (χ3n) is 7.46. The Labute approximate surface area is 215 Å². The summed E-state index contributed by atoms with van der Waals surface area (Å²) in [6, 6.07) is 12.0. The summed E-state index contributed by atoms with van der Waals surface area (Å²) in [6.45, 7) is 7.92. The molecule has 1 unspecified atom stereocenters. The predicted molar refractivity (Wildman–Crippen MR) is 145 cm³/mol. The van der Waals surface area contributed by atoms with E-state index in [0.717, 1.165) is 87.5 Å². The molecule has 6 nitrogen and oxygen atoms in total. The highest BCUT2D eigenvalue weighted by Gasteiger charge is 2.27. The number of rotatable bonds is 10. The van der Waals surface area contributed by atoms with Gasteiger partial charge in [0.05, 0.1) is 11.6 Å². The van der Waals surface area contributed by atoms with Gasteiger partial charge in [0.25, 0.3) is 0 Å². The zero-order valence-electron chi connectivity index (χ0n) is 21.4. The van der Waals surface area contributed by atoms with Gasteiger partial charge in [-0.05, 0) is 74.6 Å². The van der Waals surface area contributed by atoms with E-state index >= 15 is 0 Å². The highest BCUT2D eigenvalue weighted by Crippen LogP contribution is 2.33. The van der Waals surface area contributed by atoms with Gasteiger partial charge in [-0.2, -0.15) is 0 Å². The normalized spacial score (nSPS) is 23.0. The van der Waals surface area contributed by atoms with Crippen LogP contribution in [0.25, 0.3) is 11.1 Å². The molecule has 0 radical (unpaired) electrons. The van der Waals surface area contributed by atoms with Crippen molar-refractivity contribution in [2.75, 3.05) is 44.1 Å². The Morgan fingerprint density at radius 3 is 2.63 bits per heavy atom. The molecule has 2 fully saturated rings. The number of halogens is 1. The minimum Gasteiger partial charge on any atom is -0.384 e. The molecule has 1 atom stereocenters. The Bertz CT molecular complexity index is 942. The molecule has 0 spiro atoms. The fourth-order valence-electron chi connectivity index (χ4n) is 5.21. The molecule has 1 aliphatic carbocycles. The lowest BCUT2D eigenvalue weighted by Crippen LogP contribution is -2.42. The maximum absolute atomic E-state index is 6.60. The van der Waals surface area contributed by atoms with E-state index in [0.29, 0.717) is 23.1 Å². The van der Waals surface area contributed by atoms with E-state index in [9.17, 15) is 0 Å². The second-order valence-electron chi connectivity index (χ2n) is 10.6. The molecule has 0 bridgehead atoms. The van der Waals surface area contributed by atoms with Crippen LogP contribution in [0.2, 0.25) is 5.02 Å². The standard InChI is InChI=1S/C28H41ClN4O2/c1-20(18-34-3)32-22-7-9-23(10-8-22)33-27-16-25(26(29)17-30-27)21-5-4-6-24(15-21)31-19-28(2)11-13-35-14-12-28/h4-6,15-17,20,22-23,31-32H,7-14,18-19H2,1-3H3,(H,30,33). The number of nitrogens with zero attached hydrogens (tertiary/aromatic N) is 1. The Morgan fingerprint density at radius 2 is 1.89 bits per heavy atom. The fourth-order valence-corrected chi connectivity index (χ4v) is 5.42. The van der Waals surface area contributed by atoms with Gasteiger partial charge in [0, 0.05) is 62.4 Å². The third-order valence-corrected chi connectivity index (χ3v) is 7.77. The highest BCUT2D eigenvalue weighted by atomic mass is 35.5. The third kappa shape index (κ3) is 7.56. The zero-order valence-corrected chi connectivity index (χ0v) is 22.2. The second-order valence-corrected chi connectivity index (χ2v) is 11.0. The average Bonchev–Trinajstić information content (AvgIpc) is 2.86. The van der Waals surface area contributed by atoms with E-state index in [4.69, 9.17) is 21.1 Å². The van der Waals surface area contributed by atoms with Crippen LogP contribution in [0.5, 0.6) is 0 Å². The van der Waals surface area contributed by atoms with Gasteiger partial charge in [-0.3, -0.25) is 0 Å². The highest BCUT2D eigenvalue weighted by molar-refractivity contribution is 6.33. The van der Waals surface area contributed by atoms with E-state index in [2.05, 4.69) is 65.1 Å². The topological polar surface area (TPSA) is 67.4 Å². The predicted octanol–water partition coefficient (Wildman–Crippen LogP) is 5.98. The Morgan fingerprint density at radius 1 is 1.14 bits per heavy atom. The Balaban J connectivity index is 1.36. The lowest BCUT2D eigenvalue weighted by atomic mass is 9.82. The zero-order chi connectivity index (χ0) is 24.7. The monoisotopic (exact) mass is 500 g/mol. The summed E-state index contributed by atoms with van der Waals surface area (Å²) >= 11 is 6.60. The smallest absolute Gasteiger partial charge is 0.126 e. The van der Waals surface area contributed by atoms with Crippen molar-refractivity contribution in [1.82, 2.24) is 10.3 Å². The van der Waals surface area contributed by atoms with E-state index < -0.39 is 0 Å². The Kier molecular flexibility index (Phi) is 9.28. The lowest BCUT2D eigenvalue weighted by Gasteiger charge is -2.34. The molecule has 1 aliphatic heterocycles. The van der Waals surface area contributed by atoms with Crippen LogP contribution in [0, 0.1) is 5.41 Å². The molecule has 0 amide bonds. The van der Waals surface area contributed by atoms with Crippen molar-refractivity contribution in [3.8, 4) is 11.1 Å². The quantitative estimate of drug-likeness (QED) is 0.373. The molecule has 1 saturated heterocycles. The van der Waals surface area contributed by atoms with Gasteiger partial charge in [-0.1, -0.05) is 30.7 Å². The van der Waals surface area contributed by atoms with Crippen LogP contribution < -0.4 is 16.0 Å². The van der Waals surface area contributed by atoms with Crippen LogP contribution in [0.3, 0.4) is 0 Å². The summed E-state index contributed by atoms with van der Waals surface area (Å²) in [7, 11) is 1.76. The van der Waals surface area contributed by atoms with E-state index in [1.165, 1.54) is 0 Å². The van der Waals surface area contributed by atoms with E-state index in [1.54, 1.807) is 13.3 Å². The van der Waals surface area contributed by atoms with Crippen molar-refractivity contribution in [2.24, 2.45) is 5.41 Å². The molecule has 2 aliphatic rings. The molecule has 7 heteroatoms. The Hall–Kier alpha value is -1.86. The number of benzene rings is 1. The van der Waals surface area contributed by atoms with Gasteiger partial charge in [-0.15, -0.1) is 0 Å². The van der Waals surface area contributed by atoms with E-state index in [1.807, 2.05) is 0 Å². The second kappa shape index (κ2) is 12.4.